The van der Waals surface area contributed by atoms with Crippen molar-refractivity contribution in [1.29, 1.82) is 0 Å². The van der Waals surface area contributed by atoms with Crippen LogP contribution in [0, 0.1) is 17.8 Å². The fraction of sp³-hybridized carbons (Fsp3) is 0.478. The fourth-order valence-corrected chi connectivity index (χ4v) is 8.35. The largest absolute Gasteiger partial charge is 0.495 e. The number of halogens is 2. The highest BCUT2D eigenvalue weighted by molar-refractivity contribution is 7.92. The number of methoxy groups -OCH3 is 1. The zero-order chi connectivity index (χ0) is 21.1. The Morgan fingerprint density at radius 2 is 1.47 bits per heavy atom. The van der Waals surface area contributed by atoms with Crippen LogP contribution < -0.4 is 9.46 Å². The molecule has 0 spiro atoms. The summed E-state index contributed by atoms with van der Waals surface area (Å²) in [7, 11) is -2.42. The minimum atomic E-state index is -3.87. The summed E-state index contributed by atoms with van der Waals surface area (Å²) in [5.41, 5.74) is 2.17. The Morgan fingerprint density at radius 3 is 2.00 bits per heavy atom. The number of anilines is 1. The molecule has 0 heterocycles. The van der Waals surface area contributed by atoms with Crippen LogP contribution in [-0.4, -0.2) is 15.5 Å². The number of rotatable bonds is 5. The Morgan fingerprint density at radius 1 is 0.900 bits per heavy atom. The SMILES string of the molecule is COc1ccc(S(=O)(=O)Nc2ccc(C34CC5CC(CC(C5)C3)C4)cc2)c(Cl)c1Cl. The number of ether oxygens (including phenoxy) is 1. The minimum absolute atomic E-state index is 0.0475. The second-order valence-electron chi connectivity index (χ2n) is 9.27. The molecule has 4 aliphatic carbocycles. The van der Waals surface area contributed by atoms with Gasteiger partial charge in [0.1, 0.15) is 15.7 Å². The number of nitrogens with one attached hydrogen (secondary N) is 1. The summed E-state index contributed by atoms with van der Waals surface area (Å²) in [5, 5.41) is 0.0351. The van der Waals surface area contributed by atoms with Crippen LogP contribution in [0.4, 0.5) is 5.69 Å². The standard InChI is InChI=1S/C23H25Cl2NO3S/c1-29-19-6-7-20(22(25)21(19)24)30(27,28)26-18-4-2-17(3-5-18)23-11-14-8-15(12-23)10-16(9-14)13-23/h2-7,14-16,26H,8-13H2,1H3. The highest BCUT2D eigenvalue weighted by Gasteiger charge is 2.51. The lowest BCUT2D eigenvalue weighted by Crippen LogP contribution is -2.48. The molecular weight excluding hydrogens is 441 g/mol. The Balaban J connectivity index is 1.39. The summed E-state index contributed by atoms with van der Waals surface area (Å²) < 4.78 is 33.5. The zero-order valence-electron chi connectivity index (χ0n) is 16.8. The van der Waals surface area contributed by atoms with E-state index in [4.69, 9.17) is 27.9 Å². The van der Waals surface area contributed by atoms with Gasteiger partial charge in [-0.2, -0.15) is 0 Å². The average Bonchev–Trinajstić information content (AvgIpc) is 2.69. The van der Waals surface area contributed by atoms with Crippen LogP contribution in [0.2, 0.25) is 10.0 Å². The van der Waals surface area contributed by atoms with E-state index in [9.17, 15) is 8.42 Å². The summed E-state index contributed by atoms with van der Waals surface area (Å²) in [5.74, 6) is 2.95. The normalized spacial score (nSPS) is 29.8. The maximum Gasteiger partial charge on any atom is 0.263 e. The smallest absolute Gasteiger partial charge is 0.263 e. The van der Waals surface area contributed by atoms with E-state index in [0.29, 0.717) is 16.9 Å². The summed E-state index contributed by atoms with van der Waals surface area (Å²) >= 11 is 12.3. The Kier molecular flexibility index (Phi) is 4.99. The van der Waals surface area contributed by atoms with Crippen LogP contribution in [0.1, 0.15) is 44.1 Å². The fourth-order valence-electron chi connectivity index (χ4n) is 6.45. The van der Waals surface area contributed by atoms with Gasteiger partial charge in [-0.15, -0.1) is 0 Å². The maximum absolute atomic E-state index is 12.9. The van der Waals surface area contributed by atoms with Gasteiger partial charge in [0.05, 0.1) is 12.1 Å². The minimum Gasteiger partial charge on any atom is -0.495 e. The van der Waals surface area contributed by atoms with Crippen molar-refractivity contribution in [2.75, 3.05) is 11.8 Å². The highest BCUT2D eigenvalue weighted by Crippen LogP contribution is 2.60. The third kappa shape index (κ3) is 3.39. The molecule has 1 N–H and O–H groups in total. The predicted octanol–water partition coefficient (Wildman–Crippen LogP) is 6.27. The van der Waals surface area contributed by atoms with Gasteiger partial charge in [-0.05, 0) is 91.5 Å². The Bertz CT molecular complexity index is 1050. The van der Waals surface area contributed by atoms with Gasteiger partial charge in [-0.1, -0.05) is 35.3 Å². The van der Waals surface area contributed by atoms with E-state index < -0.39 is 10.0 Å². The van der Waals surface area contributed by atoms with Gasteiger partial charge in [0.2, 0.25) is 0 Å². The third-order valence-corrected chi connectivity index (χ3v) is 9.71. The first-order chi connectivity index (χ1) is 14.3. The molecule has 0 aliphatic heterocycles. The molecule has 0 amide bonds. The van der Waals surface area contributed by atoms with Gasteiger partial charge in [-0.25, -0.2) is 8.42 Å². The molecule has 0 atom stereocenters. The number of sulfonamides is 1. The van der Waals surface area contributed by atoms with E-state index in [1.165, 1.54) is 63.3 Å². The van der Waals surface area contributed by atoms with E-state index >= 15 is 0 Å². The van der Waals surface area contributed by atoms with Crippen LogP contribution in [0.3, 0.4) is 0 Å². The molecule has 0 saturated heterocycles. The van der Waals surface area contributed by atoms with Gasteiger partial charge >= 0.3 is 0 Å². The number of hydrogen-bond acceptors (Lipinski definition) is 3. The van der Waals surface area contributed by atoms with Crippen molar-refractivity contribution < 1.29 is 13.2 Å². The lowest BCUT2D eigenvalue weighted by molar-refractivity contribution is -0.00518. The summed E-state index contributed by atoms with van der Waals surface area (Å²) in [6, 6.07) is 10.8. The van der Waals surface area contributed by atoms with Gasteiger partial charge in [0.15, 0.2) is 0 Å². The molecule has 4 nitrogen and oxygen atoms in total. The quantitative estimate of drug-likeness (QED) is 0.565. The second kappa shape index (κ2) is 7.32. The van der Waals surface area contributed by atoms with Crippen LogP contribution in [-0.2, 0) is 15.4 Å². The highest BCUT2D eigenvalue weighted by atomic mass is 35.5. The molecule has 4 aliphatic rings. The van der Waals surface area contributed by atoms with Crippen molar-refractivity contribution in [1.82, 2.24) is 0 Å². The maximum atomic E-state index is 12.9. The van der Waals surface area contributed by atoms with Crippen molar-refractivity contribution in [3.05, 3.63) is 52.0 Å². The van der Waals surface area contributed by atoms with Gasteiger partial charge < -0.3 is 4.74 Å². The average molecular weight is 466 g/mol. The molecule has 6 rings (SSSR count). The van der Waals surface area contributed by atoms with Crippen LogP contribution >= 0.6 is 23.2 Å². The molecule has 160 valence electrons. The van der Waals surface area contributed by atoms with Crippen molar-refractivity contribution in [2.24, 2.45) is 17.8 Å². The first-order valence-electron chi connectivity index (χ1n) is 10.4. The molecule has 0 aromatic heterocycles. The first-order valence-corrected chi connectivity index (χ1v) is 12.7. The molecule has 2 aromatic rings. The van der Waals surface area contributed by atoms with E-state index in [1.807, 2.05) is 12.1 Å². The van der Waals surface area contributed by atoms with Gasteiger partial charge in [0, 0.05) is 5.69 Å². The van der Waals surface area contributed by atoms with Crippen LogP contribution in [0.25, 0.3) is 0 Å². The molecule has 0 unspecified atom stereocenters. The Hall–Kier alpha value is -1.43. The van der Waals surface area contributed by atoms with E-state index in [0.717, 1.165) is 17.8 Å². The van der Waals surface area contributed by atoms with Crippen LogP contribution in [0.5, 0.6) is 5.75 Å². The van der Waals surface area contributed by atoms with Crippen molar-refractivity contribution >= 4 is 38.9 Å². The van der Waals surface area contributed by atoms with Crippen molar-refractivity contribution in [3.8, 4) is 5.75 Å². The predicted molar refractivity (Wildman–Crippen MR) is 120 cm³/mol. The molecule has 7 heteroatoms. The summed E-state index contributed by atoms with van der Waals surface area (Å²) in [4.78, 5) is -0.0693. The number of benzene rings is 2. The lowest BCUT2D eigenvalue weighted by Gasteiger charge is -2.57. The Labute approximate surface area is 188 Å². The molecular formula is C23H25Cl2NO3S. The molecule has 2 aromatic carbocycles. The zero-order valence-corrected chi connectivity index (χ0v) is 19.2. The summed E-state index contributed by atoms with van der Waals surface area (Å²) in [6.07, 6.45) is 8.06. The molecule has 30 heavy (non-hydrogen) atoms. The van der Waals surface area contributed by atoms with E-state index in [1.54, 1.807) is 0 Å². The van der Waals surface area contributed by atoms with E-state index in [-0.39, 0.29) is 14.9 Å². The van der Waals surface area contributed by atoms with Gasteiger partial charge in [-0.3, -0.25) is 4.72 Å². The van der Waals surface area contributed by atoms with Gasteiger partial charge in [0.25, 0.3) is 10.0 Å². The van der Waals surface area contributed by atoms with Crippen molar-refractivity contribution in [3.63, 3.8) is 0 Å². The molecule has 4 bridgehead atoms. The monoisotopic (exact) mass is 465 g/mol. The summed E-state index contributed by atoms with van der Waals surface area (Å²) in [6.45, 7) is 0. The molecule has 4 fully saturated rings. The molecule has 0 radical (unpaired) electrons. The number of hydrogen-bond donors (Lipinski definition) is 1. The lowest BCUT2D eigenvalue weighted by atomic mass is 9.48. The first kappa shape index (κ1) is 20.5. The topological polar surface area (TPSA) is 55.4 Å². The van der Waals surface area contributed by atoms with Crippen LogP contribution in [0.15, 0.2) is 41.3 Å². The van der Waals surface area contributed by atoms with E-state index in [2.05, 4.69) is 16.9 Å². The van der Waals surface area contributed by atoms with Crippen molar-refractivity contribution in [2.45, 2.75) is 48.8 Å². The second-order valence-corrected chi connectivity index (χ2v) is 11.7. The third-order valence-electron chi connectivity index (χ3n) is 7.31. The molecule has 4 saturated carbocycles.